The molecule has 0 fully saturated rings. The lowest BCUT2D eigenvalue weighted by atomic mass is 9.81. The van der Waals surface area contributed by atoms with Crippen molar-refractivity contribution < 1.29 is 18.6 Å². The molecule has 5 heterocycles. The normalized spacial score (nSPS) is 19.3. The molecule has 192 valence electrons. The number of aliphatic imine (C=N–C) groups is 1. The molecule has 0 saturated heterocycles. The van der Waals surface area contributed by atoms with Crippen LogP contribution in [-0.2, 0) is 6.42 Å². The molecule has 0 saturated carbocycles. The highest BCUT2D eigenvalue weighted by atomic mass is 35.5. The van der Waals surface area contributed by atoms with Gasteiger partial charge in [0.1, 0.15) is 22.5 Å². The van der Waals surface area contributed by atoms with E-state index in [1.165, 1.54) is 0 Å². The number of nitrogens with zero attached hydrogens (tertiary/aromatic N) is 3. The standard InChI is InChI=1S/C29H24ClN3O5/c1-15-19-12-22-23(37-14-36-22)13-20(19)28-31-8-9-33(28)25(15)27-21(11-16-4-3-5-17(10-16)35-2)26(34)18-6-7-24(30)32-29(18)38-27/h3-7,10,12-13,15,25H,8-9,11,14H2,1-2H3. The van der Waals surface area contributed by atoms with Crippen LogP contribution in [0.2, 0.25) is 5.15 Å². The van der Waals surface area contributed by atoms with E-state index in [2.05, 4.69) is 16.8 Å². The molecule has 2 aromatic heterocycles. The molecular formula is C29H24ClN3O5. The number of hydrogen-bond acceptors (Lipinski definition) is 8. The Hall–Kier alpha value is -4.04. The molecule has 4 aromatic rings. The van der Waals surface area contributed by atoms with Crippen molar-refractivity contribution in [3.63, 3.8) is 0 Å². The quantitative estimate of drug-likeness (QED) is 0.340. The minimum absolute atomic E-state index is 0.0413. The van der Waals surface area contributed by atoms with Gasteiger partial charge in [-0.2, -0.15) is 0 Å². The Labute approximate surface area is 223 Å². The fourth-order valence-corrected chi connectivity index (χ4v) is 5.95. The minimum Gasteiger partial charge on any atom is -0.497 e. The van der Waals surface area contributed by atoms with Crippen molar-refractivity contribution in [2.45, 2.75) is 25.3 Å². The van der Waals surface area contributed by atoms with Crippen LogP contribution in [-0.4, -0.2) is 42.7 Å². The van der Waals surface area contributed by atoms with Gasteiger partial charge in [0.2, 0.25) is 12.5 Å². The van der Waals surface area contributed by atoms with Crippen molar-refractivity contribution in [3.05, 3.63) is 91.9 Å². The number of methoxy groups -OCH3 is 1. The zero-order valence-electron chi connectivity index (χ0n) is 20.9. The highest BCUT2D eigenvalue weighted by molar-refractivity contribution is 6.29. The third-order valence-electron chi connectivity index (χ3n) is 7.59. The molecule has 0 aliphatic carbocycles. The van der Waals surface area contributed by atoms with Crippen molar-refractivity contribution in [1.29, 1.82) is 0 Å². The van der Waals surface area contributed by atoms with E-state index in [0.717, 1.165) is 34.0 Å². The van der Waals surface area contributed by atoms with Crippen LogP contribution in [0.4, 0.5) is 0 Å². The first kappa shape index (κ1) is 23.1. The molecule has 0 N–H and O–H groups in total. The molecule has 0 spiro atoms. The summed E-state index contributed by atoms with van der Waals surface area (Å²) in [6.07, 6.45) is 0.380. The number of hydrogen-bond donors (Lipinski definition) is 0. The van der Waals surface area contributed by atoms with Gasteiger partial charge >= 0.3 is 0 Å². The molecule has 9 heteroatoms. The third kappa shape index (κ3) is 3.55. The van der Waals surface area contributed by atoms with Gasteiger partial charge in [-0.1, -0.05) is 30.7 Å². The lowest BCUT2D eigenvalue weighted by molar-refractivity contribution is 0.174. The number of pyridine rings is 1. The average molecular weight is 530 g/mol. The van der Waals surface area contributed by atoms with E-state index in [0.29, 0.717) is 42.0 Å². The third-order valence-corrected chi connectivity index (χ3v) is 7.80. The van der Waals surface area contributed by atoms with Crippen molar-refractivity contribution >= 4 is 28.5 Å². The molecule has 38 heavy (non-hydrogen) atoms. The first-order valence-electron chi connectivity index (χ1n) is 12.5. The molecule has 2 unspecified atom stereocenters. The Bertz CT molecular complexity index is 1700. The summed E-state index contributed by atoms with van der Waals surface area (Å²) in [5, 5.41) is 0.670. The molecule has 0 amide bonds. The van der Waals surface area contributed by atoms with Gasteiger partial charge in [-0.3, -0.25) is 9.79 Å². The Morgan fingerprint density at radius 1 is 1.13 bits per heavy atom. The number of halogens is 1. The highest BCUT2D eigenvalue weighted by Gasteiger charge is 2.43. The second-order valence-corrected chi connectivity index (χ2v) is 10.1. The number of rotatable bonds is 4. The molecule has 7 rings (SSSR count). The van der Waals surface area contributed by atoms with Crippen LogP contribution in [0.5, 0.6) is 17.2 Å². The zero-order valence-corrected chi connectivity index (χ0v) is 21.6. The van der Waals surface area contributed by atoms with Crippen LogP contribution in [0.15, 0.2) is 62.7 Å². The smallest absolute Gasteiger partial charge is 0.231 e. The van der Waals surface area contributed by atoms with E-state index in [4.69, 9.17) is 35.2 Å². The maximum atomic E-state index is 14.0. The molecule has 0 bridgehead atoms. The number of amidine groups is 1. The largest absolute Gasteiger partial charge is 0.497 e. The highest BCUT2D eigenvalue weighted by Crippen LogP contribution is 2.48. The number of ether oxygens (including phenoxy) is 3. The van der Waals surface area contributed by atoms with Gasteiger partial charge in [-0.05, 0) is 47.5 Å². The van der Waals surface area contributed by atoms with Crippen LogP contribution in [0.3, 0.4) is 0 Å². The van der Waals surface area contributed by atoms with Gasteiger partial charge in [-0.25, -0.2) is 4.98 Å². The lowest BCUT2D eigenvalue weighted by Crippen LogP contribution is -2.41. The van der Waals surface area contributed by atoms with Crippen LogP contribution in [0.1, 0.15) is 46.9 Å². The van der Waals surface area contributed by atoms with E-state index in [9.17, 15) is 4.79 Å². The molecule has 0 radical (unpaired) electrons. The summed E-state index contributed by atoms with van der Waals surface area (Å²) in [7, 11) is 1.63. The summed E-state index contributed by atoms with van der Waals surface area (Å²) in [5.74, 6) is 3.57. The molecule has 2 atom stereocenters. The summed E-state index contributed by atoms with van der Waals surface area (Å²) in [6.45, 7) is 3.70. The van der Waals surface area contributed by atoms with Gasteiger partial charge < -0.3 is 23.5 Å². The first-order chi connectivity index (χ1) is 18.5. The predicted molar refractivity (Wildman–Crippen MR) is 143 cm³/mol. The summed E-state index contributed by atoms with van der Waals surface area (Å²) >= 11 is 6.21. The summed E-state index contributed by atoms with van der Waals surface area (Å²) < 4.78 is 23.3. The number of fused-ring (bicyclic) bond motifs is 5. The maximum absolute atomic E-state index is 14.0. The zero-order chi connectivity index (χ0) is 26.0. The predicted octanol–water partition coefficient (Wildman–Crippen LogP) is 5.09. The van der Waals surface area contributed by atoms with Gasteiger partial charge in [0, 0.05) is 30.0 Å². The maximum Gasteiger partial charge on any atom is 0.231 e. The van der Waals surface area contributed by atoms with Gasteiger partial charge in [0.05, 0.1) is 25.1 Å². The topological polar surface area (TPSA) is 86.4 Å². The monoisotopic (exact) mass is 529 g/mol. The van der Waals surface area contributed by atoms with Gasteiger partial charge in [0.25, 0.3) is 0 Å². The fourth-order valence-electron chi connectivity index (χ4n) is 5.81. The second-order valence-electron chi connectivity index (χ2n) is 9.71. The van der Waals surface area contributed by atoms with Crippen molar-refractivity contribution in [2.75, 3.05) is 27.0 Å². The Balaban J connectivity index is 1.44. The van der Waals surface area contributed by atoms with Crippen molar-refractivity contribution in [3.8, 4) is 17.2 Å². The minimum atomic E-state index is -0.275. The Morgan fingerprint density at radius 3 is 2.82 bits per heavy atom. The van der Waals surface area contributed by atoms with Crippen molar-refractivity contribution in [1.82, 2.24) is 9.88 Å². The fraction of sp³-hybridized carbons (Fsp3) is 0.276. The van der Waals surface area contributed by atoms with Crippen LogP contribution < -0.4 is 19.6 Å². The number of benzene rings is 2. The molecule has 3 aliphatic heterocycles. The van der Waals surface area contributed by atoms with E-state index < -0.39 is 0 Å². The molecular weight excluding hydrogens is 506 g/mol. The SMILES string of the molecule is COc1cccc(Cc2c(C3C(C)c4cc5c(cc4C4=NCCN43)OCO5)oc3nc(Cl)ccc3c2=O)c1. The van der Waals surface area contributed by atoms with Crippen LogP contribution in [0, 0.1) is 0 Å². The van der Waals surface area contributed by atoms with Crippen molar-refractivity contribution in [2.24, 2.45) is 4.99 Å². The van der Waals surface area contributed by atoms with Crippen LogP contribution >= 0.6 is 11.6 Å². The summed E-state index contributed by atoms with van der Waals surface area (Å²) in [5.41, 5.74) is 3.74. The summed E-state index contributed by atoms with van der Waals surface area (Å²) in [6, 6.07) is 14.8. The Kier molecular flexibility index (Phi) is 5.33. The average Bonchev–Trinajstić information content (AvgIpc) is 3.59. The van der Waals surface area contributed by atoms with E-state index >= 15 is 0 Å². The summed E-state index contributed by atoms with van der Waals surface area (Å²) in [4.78, 5) is 25.4. The number of aromatic nitrogens is 1. The van der Waals surface area contributed by atoms with Gasteiger partial charge in [0.15, 0.2) is 16.9 Å². The first-order valence-corrected chi connectivity index (χ1v) is 12.9. The van der Waals surface area contributed by atoms with Crippen LogP contribution in [0.25, 0.3) is 11.1 Å². The van der Waals surface area contributed by atoms with E-state index in [1.807, 2.05) is 36.4 Å². The van der Waals surface area contributed by atoms with E-state index in [1.54, 1.807) is 19.2 Å². The van der Waals surface area contributed by atoms with E-state index in [-0.39, 0.29) is 35.0 Å². The molecule has 2 aromatic carbocycles. The Morgan fingerprint density at radius 2 is 1.97 bits per heavy atom. The second kappa shape index (κ2) is 8.77. The van der Waals surface area contributed by atoms with Gasteiger partial charge in [-0.15, -0.1) is 0 Å². The lowest BCUT2D eigenvalue weighted by Gasteiger charge is -2.40. The molecule has 3 aliphatic rings. The molecule has 8 nitrogen and oxygen atoms in total.